The normalized spacial score (nSPS) is 16.2. The van der Waals surface area contributed by atoms with Gasteiger partial charge in [-0.3, -0.25) is 0 Å². The first-order valence-corrected chi connectivity index (χ1v) is 8.57. The lowest BCUT2D eigenvalue weighted by Crippen LogP contribution is -2.55. The summed E-state index contributed by atoms with van der Waals surface area (Å²) in [4.78, 5) is 11.6. The summed E-state index contributed by atoms with van der Waals surface area (Å²) < 4.78 is 31.8. The van der Waals surface area contributed by atoms with E-state index in [9.17, 15) is 18.3 Å². The van der Waals surface area contributed by atoms with Gasteiger partial charge in [0.05, 0.1) is 17.5 Å². The van der Waals surface area contributed by atoms with Crippen molar-refractivity contribution >= 4 is 16.0 Å². The molecule has 1 atom stereocenters. The molecule has 22 heavy (non-hydrogen) atoms. The van der Waals surface area contributed by atoms with E-state index in [1.165, 1.54) is 19.4 Å². The molecule has 1 aliphatic rings. The Morgan fingerprint density at radius 1 is 1.32 bits per heavy atom. The van der Waals surface area contributed by atoms with Crippen molar-refractivity contribution in [3.63, 3.8) is 0 Å². The molecule has 1 aliphatic carbocycles. The number of esters is 1. The Morgan fingerprint density at radius 3 is 2.59 bits per heavy atom. The summed E-state index contributed by atoms with van der Waals surface area (Å²) in [6, 6.07) is 5.03. The number of aliphatic hydroxyl groups excluding tert-OH is 1. The fraction of sp³-hybridized carbons (Fsp3) is 0.533. The number of hydrogen-bond acceptors (Lipinski definition) is 5. The van der Waals surface area contributed by atoms with Crippen LogP contribution in [0.4, 0.5) is 0 Å². The molecule has 2 N–H and O–H groups in total. The number of aliphatic hydroxyl groups is 1. The van der Waals surface area contributed by atoms with Gasteiger partial charge in [-0.05, 0) is 56.4 Å². The molecule has 0 heterocycles. The average molecular weight is 327 g/mol. The summed E-state index contributed by atoms with van der Waals surface area (Å²) in [5.41, 5.74) is 0.826. The summed E-state index contributed by atoms with van der Waals surface area (Å²) in [6.45, 7) is 2.86. The summed E-state index contributed by atoms with van der Waals surface area (Å²) in [6.07, 6.45) is 1.27. The molecule has 2 rings (SSSR count). The van der Waals surface area contributed by atoms with Crippen molar-refractivity contribution in [2.45, 2.75) is 49.6 Å². The number of rotatable bonds is 5. The molecule has 1 aromatic carbocycles. The molecule has 0 amide bonds. The number of ether oxygens (including phenoxy) is 1. The molecule has 0 fully saturated rings. The number of fused-ring (bicyclic) bond motifs is 1. The molecule has 0 radical (unpaired) electrons. The van der Waals surface area contributed by atoms with E-state index in [0.29, 0.717) is 0 Å². The molecule has 0 bridgehead atoms. The summed E-state index contributed by atoms with van der Waals surface area (Å²) in [7, 11) is -2.71. The van der Waals surface area contributed by atoms with Gasteiger partial charge in [0.1, 0.15) is 0 Å². The van der Waals surface area contributed by atoms with E-state index in [-0.39, 0.29) is 4.90 Å². The second-order valence-corrected chi connectivity index (χ2v) is 7.72. The second kappa shape index (κ2) is 5.98. The summed E-state index contributed by atoms with van der Waals surface area (Å²) in [5.74, 6) is -0.887. The fourth-order valence-electron chi connectivity index (χ4n) is 2.58. The van der Waals surface area contributed by atoms with Crippen LogP contribution in [0.3, 0.4) is 0 Å². The van der Waals surface area contributed by atoms with Crippen molar-refractivity contribution in [1.82, 2.24) is 4.72 Å². The SMILES string of the molecule is COC(=O)[C@H](O)C(C)(C)NS(=O)(=O)c1ccc2c(c1)CCC2. The van der Waals surface area contributed by atoms with E-state index in [0.717, 1.165) is 31.9 Å². The number of benzene rings is 1. The molecular formula is C15H21NO5S. The predicted molar refractivity (Wildman–Crippen MR) is 80.9 cm³/mol. The van der Waals surface area contributed by atoms with Gasteiger partial charge in [0.15, 0.2) is 6.10 Å². The maximum Gasteiger partial charge on any atom is 0.336 e. The van der Waals surface area contributed by atoms with Crippen LogP contribution < -0.4 is 4.72 Å². The molecule has 7 heteroatoms. The number of aryl methyl sites for hydroxylation is 2. The number of methoxy groups -OCH3 is 1. The molecule has 0 aliphatic heterocycles. The molecule has 1 aromatic rings. The van der Waals surface area contributed by atoms with Crippen molar-refractivity contribution in [2.75, 3.05) is 7.11 Å². The zero-order chi connectivity index (χ0) is 16.5. The number of nitrogens with one attached hydrogen (secondary N) is 1. The van der Waals surface area contributed by atoms with Crippen LogP contribution in [0.5, 0.6) is 0 Å². The molecule has 122 valence electrons. The van der Waals surface area contributed by atoms with Crippen molar-refractivity contribution in [3.8, 4) is 0 Å². The minimum Gasteiger partial charge on any atom is -0.467 e. The van der Waals surface area contributed by atoms with Crippen LogP contribution in [-0.2, 0) is 32.4 Å². The van der Waals surface area contributed by atoms with Gasteiger partial charge >= 0.3 is 5.97 Å². The maximum absolute atomic E-state index is 12.5. The van der Waals surface area contributed by atoms with Crippen LogP contribution >= 0.6 is 0 Å². The Morgan fingerprint density at radius 2 is 1.95 bits per heavy atom. The third-order valence-electron chi connectivity index (χ3n) is 3.89. The van der Waals surface area contributed by atoms with Crippen LogP contribution in [0.25, 0.3) is 0 Å². The lowest BCUT2D eigenvalue weighted by atomic mass is 9.99. The van der Waals surface area contributed by atoms with E-state index < -0.39 is 27.6 Å². The zero-order valence-corrected chi connectivity index (χ0v) is 13.7. The Bertz CT molecular complexity index is 681. The first kappa shape index (κ1) is 16.9. The molecule has 0 unspecified atom stereocenters. The summed E-state index contributed by atoms with van der Waals surface area (Å²) >= 11 is 0. The first-order valence-electron chi connectivity index (χ1n) is 7.09. The molecule has 0 spiro atoms. The van der Waals surface area contributed by atoms with Crippen LogP contribution in [0, 0.1) is 0 Å². The maximum atomic E-state index is 12.5. The molecule has 0 saturated carbocycles. The first-order chi connectivity index (χ1) is 10.2. The highest BCUT2D eigenvalue weighted by molar-refractivity contribution is 7.89. The van der Waals surface area contributed by atoms with Crippen molar-refractivity contribution in [3.05, 3.63) is 29.3 Å². The van der Waals surface area contributed by atoms with Crippen molar-refractivity contribution in [2.24, 2.45) is 0 Å². The van der Waals surface area contributed by atoms with Gasteiger partial charge in [-0.15, -0.1) is 0 Å². The summed E-state index contributed by atoms with van der Waals surface area (Å²) in [5, 5.41) is 9.91. The van der Waals surface area contributed by atoms with Gasteiger partial charge in [-0.2, -0.15) is 0 Å². The van der Waals surface area contributed by atoms with Crippen molar-refractivity contribution < 1.29 is 23.1 Å². The predicted octanol–water partition coefficient (Wildman–Crippen LogP) is 0.766. The third-order valence-corrected chi connectivity index (χ3v) is 5.56. The largest absolute Gasteiger partial charge is 0.467 e. The Hall–Kier alpha value is -1.44. The van der Waals surface area contributed by atoms with Crippen LogP contribution in [0.1, 0.15) is 31.4 Å². The van der Waals surface area contributed by atoms with E-state index in [4.69, 9.17) is 0 Å². The van der Waals surface area contributed by atoms with E-state index in [2.05, 4.69) is 9.46 Å². The van der Waals surface area contributed by atoms with Gasteiger partial charge in [-0.25, -0.2) is 17.9 Å². The standard InChI is InChI=1S/C15H21NO5S/c1-15(2,13(17)14(18)21-3)16-22(19,20)12-8-7-10-5-4-6-11(10)9-12/h7-9,13,16-17H,4-6H2,1-3H3/t13-/m0/s1. The van der Waals surface area contributed by atoms with Gasteiger partial charge in [0.2, 0.25) is 10.0 Å². The molecular weight excluding hydrogens is 306 g/mol. The smallest absolute Gasteiger partial charge is 0.336 e. The highest BCUT2D eigenvalue weighted by Gasteiger charge is 2.38. The zero-order valence-electron chi connectivity index (χ0n) is 12.9. The highest BCUT2D eigenvalue weighted by atomic mass is 32.2. The third kappa shape index (κ3) is 3.31. The minimum absolute atomic E-state index is 0.137. The number of sulfonamides is 1. The Labute approximate surface area is 130 Å². The minimum atomic E-state index is -3.84. The monoisotopic (exact) mass is 327 g/mol. The highest BCUT2D eigenvalue weighted by Crippen LogP contribution is 2.25. The molecule has 0 saturated heterocycles. The second-order valence-electron chi connectivity index (χ2n) is 6.04. The van der Waals surface area contributed by atoms with Gasteiger partial charge in [-0.1, -0.05) is 6.07 Å². The Balaban J connectivity index is 2.25. The van der Waals surface area contributed by atoms with Gasteiger partial charge in [0, 0.05) is 0 Å². The molecule has 0 aromatic heterocycles. The quantitative estimate of drug-likeness (QED) is 0.779. The molecule has 6 nitrogen and oxygen atoms in total. The van der Waals surface area contributed by atoms with Crippen molar-refractivity contribution in [1.29, 1.82) is 0 Å². The van der Waals surface area contributed by atoms with Crippen LogP contribution in [0.2, 0.25) is 0 Å². The van der Waals surface area contributed by atoms with Crippen LogP contribution in [-0.4, -0.2) is 38.2 Å². The van der Waals surface area contributed by atoms with E-state index >= 15 is 0 Å². The number of carbonyl (C=O) groups excluding carboxylic acids is 1. The lowest BCUT2D eigenvalue weighted by molar-refractivity contribution is -0.153. The van der Waals surface area contributed by atoms with Crippen LogP contribution in [0.15, 0.2) is 23.1 Å². The van der Waals surface area contributed by atoms with E-state index in [1.54, 1.807) is 12.1 Å². The number of hydrogen-bond donors (Lipinski definition) is 2. The number of carbonyl (C=O) groups is 1. The topological polar surface area (TPSA) is 92.7 Å². The Kier molecular flexibility index (Phi) is 4.60. The van der Waals surface area contributed by atoms with E-state index in [1.807, 2.05) is 6.07 Å². The van der Waals surface area contributed by atoms with Gasteiger partial charge < -0.3 is 9.84 Å². The average Bonchev–Trinajstić information content (AvgIpc) is 2.91. The van der Waals surface area contributed by atoms with Gasteiger partial charge in [0.25, 0.3) is 0 Å². The lowest BCUT2D eigenvalue weighted by Gasteiger charge is -2.29. The fourth-order valence-corrected chi connectivity index (χ4v) is 4.05.